The Labute approximate surface area is 140 Å². The van der Waals surface area contributed by atoms with Crippen molar-refractivity contribution in [3.63, 3.8) is 0 Å². The van der Waals surface area contributed by atoms with E-state index in [1.807, 2.05) is 0 Å². The maximum absolute atomic E-state index is 12.8. The molecule has 0 aliphatic rings. The molecule has 3 aromatic rings. The first-order valence-corrected chi connectivity index (χ1v) is 8.67. The monoisotopic (exact) mass is 374 g/mol. The van der Waals surface area contributed by atoms with Crippen LogP contribution in [0.3, 0.4) is 0 Å². The minimum Gasteiger partial charge on any atom is -0.383 e. The van der Waals surface area contributed by atoms with Crippen LogP contribution in [-0.4, -0.2) is 38.3 Å². The molecule has 8 nitrogen and oxygen atoms in total. The molecule has 0 unspecified atom stereocenters. The quantitative estimate of drug-likeness (QED) is 0.745. The van der Waals surface area contributed by atoms with Gasteiger partial charge in [-0.05, 0) is 0 Å². The molecule has 0 bridgehead atoms. The molecule has 0 atom stereocenters. The van der Waals surface area contributed by atoms with Crippen molar-refractivity contribution in [1.29, 1.82) is 0 Å². The van der Waals surface area contributed by atoms with Crippen LogP contribution in [0.2, 0.25) is 0 Å². The van der Waals surface area contributed by atoms with Crippen LogP contribution in [0.25, 0.3) is 17.0 Å². The van der Waals surface area contributed by atoms with Gasteiger partial charge in [0, 0.05) is 19.3 Å². The summed E-state index contributed by atoms with van der Waals surface area (Å²) in [6.45, 7) is 1.45. The van der Waals surface area contributed by atoms with Crippen molar-refractivity contribution in [1.82, 2.24) is 24.1 Å². The third-order valence-corrected chi connectivity index (χ3v) is 5.40. The zero-order valence-corrected chi connectivity index (χ0v) is 13.9. The van der Waals surface area contributed by atoms with E-state index < -0.39 is 21.7 Å². The Morgan fingerprint density at radius 1 is 1.32 bits per heavy atom. The van der Waals surface area contributed by atoms with Crippen molar-refractivity contribution in [2.24, 2.45) is 7.05 Å². The van der Waals surface area contributed by atoms with Crippen molar-refractivity contribution < 1.29 is 21.6 Å². The number of hydrogen-bond donors (Lipinski definition) is 1. The summed E-state index contributed by atoms with van der Waals surface area (Å²) in [5.41, 5.74) is 4.73. The van der Waals surface area contributed by atoms with Crippen LogP contribution in [0.4, 0.5) is 19.0 Å². The SMILES string of the molecule is CCS(=O)(=O)c1c(-c2cn3cnc(C(F)(F)F)cc3n2)nn(C)c1N. The minimum absolute atomic E-state index is 0.0147. The Kier molecular flexibility index (Phi) is 3.74. The van der Waals surface area contributed by atoms with Crippen molar-refractivity contribution in [3.8, 4) is 11.4 Å². The molecule has 0 radical (unpaired) electrons. The van der Waals surface area contributed by atoms with Crippen LogP contribution in [0.1, 0.15) is 12.6 Å². The molecule has 134 valence electrons. The lowest BCUT2D eigenvalue weighted by atomic mass is 10.3. The molecule has 3 rings (SSSR count). The first-order chi connectivity index (χ1) is 11.5. The largest absolute Gasteiger partial charge is 0.433 e. The number of anilines is 1. The number of aromatic nitrogens is 5. The summed E-state index contributed by atoms with van der Waals surface area (Å²) in [6, 6.07) is 0.768. The number of halogens is 3. The summed E-state index contributed by atoms with van der Waals surface area (Å²) in [7, 11) is -2.24. The van der Waals surface area contributed by atoms with Crippen molar-refractivity contribution >= 4 is 21.3 Å². The highest BCUT2D eigenvalue weighted by atomic mass is 32.2. The topological polar surface area (TPSA) is 108 Å². The number of nitrogen functional groups attached to an aromatic ring is 1. The minimum atomic E-state index is -4.61. The fraction of sp³-hybridized carbons (Fsp3) is 0.308. The molecule has 2 N–H and O–H groups in total. The van der Waals surface area contributed by atoms with Gasteiger partial charge in [0.25, 0.3) is 0 Å². The van der Waals surface area contributed by atoms with E-state index in [-0.39, 0.29) is 33.5 Å². The van der Waals surface area contributed by atoms with Gasteiger partial charge in [-0.2, -0.15) is 18.3 Å². The molecule has 0 spiro atoms. The van der Waals surface area contributed by atoms with Gasteiger partial charge >= 0.3 is 6.18 Å². The fourth-order valence-electron chi connectivity index (χ4n) is 2.30. The molecule has 0 aromatic carbocycles. The summed E-state index contributed by atoms with van der Waals surface area (Å²) in [6.07, 6.45) is -2.31. The lowest BCUT2D eigenvalue weighted by Crippen LogP contribution is -2.08. The average molecular weight is 374 g/mol. The van der Waals surface area contributed by atoms with Gasteiger partial charge in [-0.1, -0.05) is 6.92 Å². The predicted octanol–water partition coefficient (Wildman–Crippen LogP) is 1.52. The smallest absolute Gasteiger partial charge is 0.383 e. The Morgan fingerprint density at radius 2 is 2.00 bits per heavy atom. The van der Waals surface area contributed by atoms with Crippen LogP contribution < -0.4 is 5.73 Å². The van der Waals surface area contributed by atoms with E-state index >= 15 is 0 Å². The van der Waals surface area contributed by atoms with Gasteiger partial charge in [-0.3, -0.25) is 9.08 Å². The van der Waals surface area contributed by atoms with Crippen LogP contribution in [0, 0.1) is 0 Å². The van der Waals surface area contributed by atoms with Crippen molar-refractivity contribution in [2.45, 2.75) is 18.0 Å². The molecule has 3 aromatic heterocycles. The van der Waals surface area contributed by atoms with E-state index in [4.69, 9.17) is 5.73 Å². The average Bonchev–Trinajstić information content (AvgIpc) is 3.07. The molecule has 0 amide bonds. The summed E-state index contributed by atoms with van der Waals surface area (Å²) in [4.78, 5) is 7.18. The van der Waals surface area contributed by atoms with E-state index in [9.17, 15) is 21.6 Å². The maximum Gasteiger partial charge on any atom is 0.433 e. The number of sulfone groups is 1. The summed E-state index contributed by atoms with van der Waals surface area (Å²) < 4.78 is 65.3. The number of nitrogens with two attached hydrogens (primary N) is 1. The highest BCUT2D eigenvalue weighted by Gasteiger charge is 2.33. The maximum atomic E-state index is 12.8. The molecule has 3 heterocycles. The molecular weight excluding hydrogens is 361 g/mol. The van der Waals surface area contributed by atoms with Gasteiger partial charge in [-0.25, -0.2) is 18.4 Å². The van der Waals surface area contributed by atoms with Crippen LogP contribution in [0.5, 0.6) is 0 Å². The second kappa shape index (κ2) is 5.44. The van der Waals surface area contributed by atoms with Gasteiger partial charge in [-0.15, -0.1) is 0 Å². The molecule has 0 fully saturated rings. The number of fused-ring (bicyclic) bond motifs is 1. The third kappa shape index (κ3) is 2.81. The number of imidazole rings is 1. The summed E-state index contributed by atoms with van der Waals surface area (Å²) in [5, 5.41) is 4.06. The Bertz CT molecular complexity index is 1070. The molecule has 25 heavy (non-hydrogen) atoms. The highest BCUT2D eigenvalue weighted by molar-refractivity contribution is 7.91. The zero-order valence-electron chi connectivity index (χ0n) is 13.1. The molecule has 12 heteroatoms. The zero-order chi connectivity index (χ0) is 18.6. The Morgan fingerprint density at radius 3 is 2.60 bits per heavy atom. The highest BCUT2D eigenvalue weighted by Crippen LogP contribution is 2.32. The number of hydrogen-bond acceptors (Lipinski definition) is 6. The molecule has 0 saturated carbocycles. The third-order valence-electron chi connectivity index (χ3n) is 3.62. The molecule has 0 saturated heterocycles. The fourth-order valence-corrected chi connectivity index (χ4v) is 3.48. The van der Waals surface area contributed by atoms with Crippen molar-refractivity contribution in [2.75, 3.05) is 11.5 Å². The normalized spacial score (nSPS) is 12.8. The number of nitrogens with zero attached hydrogens (tertiary/aromatic N) is 5. The van der Waals surface area contributed by atoms with Crippen LogP contribution >= 0.6 is 0 Å². The molecule has 0 aliphatic carbocycles. The first-order valence-electron chi connectivity index (χ1n) is 7.02. The van der Waals surface area contributed by atoms with E-state index in [0.717, 1.165) is 12.4 Å². The van der Waals surface area contributed by atoms with Gasteiger partial charge in [0.15, 0.2) is 9.84 Å². The van der Waals surface area contributed by atoms with E-state index in [1.54, 1.807) is 0 Å². The van der Waals surface area contributed by atoms with E-state index in [1.165, 1.54) is 29.3 Å². The van der Waals surface area contributed by atoms with Gasteiger partial charge in [0.2, 0.25) is 0 Å². The Balaban J connectivity index is 2.23. The van der Waals surface area contributed by atoms with Gasteiger partial charge in [0.05, 0.1) is 5.75 Å². The summed E-state index contributed by atoms with van der Waals surface area (Å²) in [5.74, 6) is -0.272. The van der Waals surface area contributed by atoms with Gasteiger partial charge in [0.1, 0.15) is 39.8 Å². The van der Waals surface area contributed by atoms with Crippen molar-refractivity contribution in [3.05, 3.63) is 24.3 Å². The predicted molar refractivity (Wildman–Crippen MR) is 82.3 cm³/mol. The van der Waals surface area contributed by atoms with Gasteiger partial charge < -0.3 is 5.73 Å². The van der Waals surface area contributed by atoms with Crippen LogP contribution in [-0.2, 0) is 23.1 Å². The molecule has 0 aliphatic heterocycles. The Hall–Kier alpha value is -2.63. The van der Waals surface area contributed by atoms with E-state index in [2.05, 4.69) is 15.1 Å². The molecular formula is C13H13F3N6O2S. The second-order valence-electron chi connectivity index (χ2n) is 5.25. The standard InChI is InChI=1S/C13H13F3N6O2S/c1-3-25(23,24)11-10(20-21(2)12(11)17)7-5-22-6-18-8(13(14,15)16)4-9(22)19-7/h4-6H,3,17H2,1-2H3. The number of aryl methyl sites for hydroxylation is 1. The van der Waals surface area contributed by atoms with E-state index in [0.29, 0.717) is 0 Å². The first kappa shape index (κ1) is 17.2. The number of rotatable bonds is 3. The lowest BCUT2D eigenvalue weighted by molar-refractivity contribution is -0.141. The lowest BCUT2D eigenvalue weighted by Gasteiger charge is -2.04. The summed E-state index contributed by atoms with van der Waals surface area (Å²) >= 11 is 0. The second-order valence-corrected chi connectivity index (χ2v) is 7.47. The number of alkyl halides is 3. The van der Waals surface area contributed by atoms with Crippen LogP contribution in [0.15, 0.2) is 23.5 Å².